The molecule has 0 aromatic rings. The van der Waals surface area contributed by atoms with Gasteiger partial charge in [-0.15, -0.1) is 0 Å². The molecule has 0 aliphatic rings. The predicted molar refractivity (Wildman–Crippen MR) is 264 cm³/mol. The summed E-state index contributed by atoms with van der Waals surface area (Å²) in [5.74, 6) is -0.0592. The minimum atomic E-state index is -0.674. The molecule has 6 nitrogen and oxygen atoms in total. The molecule has 0 aliphatic heterocycles. The lowest BCUT2D eigenvalue weighted by Crippen LogP contribution is -2.45. The zero-order valence-electron chi connectivity index (χ0n) is 41.4. The van der Waals surface area contributed by atoms with Crippen LogP contribution in [-0.2, 0) is 14.3 Å². The van der Waals surface area contributed by atoms with Gasteiger partial charge in [0.2, 0.25) is 5.91 Å². The highest BCUT2D eigenvalue weighted by molar-refractivity contribution is 5.76. The Kier molecular flexibility index (Phi) is 50.5. The van der Waals surface area contributed by atoms with Gasteiger partial charge in [0.1, 0.15) is 0 Å². The van der Waals surface area contributed by atoms with Crippen molar-refractivity contribution in [1.29, 1.82) is 0 Å². The number of aliphatic hydroxyl groups excluding tert-OH is 2. The Balaban J connectivity index is 3.42. The molecule has 0 bridgehead atoms. The van der Waals surface area contributed by atoms with Crippen molar-refractivity contribution >= 4 is 11.9 Å². The van der Waals surface area contributed by atoms with Gasteiger partial charge >= 0.3 is 5.97 Å². The highest BCUT2D eigenvalue weighted by Crippen LogP contribution is 2.18. The lowest BCUT2D eigenvalue weighted by molar-refractivity contribution is -0.143. The van der Waals surface area contributed by atoms with Crippen molar-refractivity contribution in [2.24, 2.45) is 0 Å². The van der Waals surface area contributed by atoms with Crippen molar-refractivity contribution < 1.29 is 24.5 Å². The van der Waals surface area contributed by atoms with Crippen LogP contribution in [0.25, 0.3) is 0 Å². The third kappa shape index (κ3) is 48.2. The molecule has 0 aromatic carbocycles. The van der Waals surface area contributed by atoms with Crippen LogP contribution in [0.4, 0.5) is 0 Å². The molecule has 0 heterocycles. The summed E-state index contributed by atoms with van der Waals surface area (Å²) in [6, 6.07) is -0.553. The fourth-order valence-electron chi connectivity index (χ4n) is 8.88. The summed E-state index contributed by atoms with van der Waals surface area (Å²) in [7, 11) is 0. The first kappa shape index (κ1) is 59.9. The molecule has 0 saturated carbocycles. The van der Waals surface area contributed by atoms with Gasteiger partial charge in [-0.2, -0.15) is 0 Å². The summed E-state index contributed by atoms with van der Waals surface area (Å²) in [4.78, 5) is 24.5. The SMILES string of the molecule is CCCCCCCCCCCCCCCCCCCCC(=O)OCCCCCCCCCCCCCC(=O)NC(CO)C(O)CCCCCCCCCCCCCCCCC. The third-order valence-electron chi connectivity index (χ3n) is 13.2. The molecule has 0 aliphatic carbocycles. The monoisotopic (exact) mass is 864 g/mol. The van der Waals surface area contributed by atoms with Crippen LogP contribution < -0.4 is 5.32 Å². The number of amides is 1. The molecule has 0 fully saturated rings. The number of rotatable bonds is 52. The Labute approximate surface area is 381 Å². The number of ether oxygens (including phenoxy) is 1. The fourth-order valence-corrected chi connectivity index (χ4v) is 8.88. The minimum Gasteiger partial charge on any atom is -0.466 e. The molecule has 2 unspecified atom stereocenters. The van der Waals surface area contributed by atoms with E-state index in [2.05, 4.69) is 19.2 Å². The van der Waals surface area contributed by atoms with Crippen LogP contribution in [0.1, 0.15) is 316 Å². The normalized spacial score (nSPS) is 12.5. The van der Waals surface area contributed by atoms with Crippen LogP contribution in [0.2, 0.25) is 0 Å². The van der Waals surface area contributed by atoms with Gasteiger partial charge in [0.25, 0.3) is 0 Å². The molecule has 364 valence electrons. The van der Waals surface area contributed by atoms with Crippen LogP contribution in [0.3, 0.4) is 0 Å². The summed E-state index contributed by atoms with van der Waals surface area (Å²) < 4.78 is 5.48. The maximum absolute atomic E-state index is 12.5. The molecule has 0 aromatic heterocycles. The summed E-state index contributed by atoms with van der Waals surface area (Å²) in [6.45, 7) is 4.94. The maximum atomic E-state index is 12.5. The number of carbonyl (C=O) groups excluding carboxylic acids is 2. The smallest absolute Gasteiger partial charge is 0.305 e. The van der Waals surface area contributed by atoms with E-state index in [9.17, 15) is 19.8 Å². The number of hydrogen-bond acceptors (Lipinski definition) is 5. The van der Waals surface area contributed by atoms with Gasteiger partial charge in [-0.25, -0.2) is 0 Å². The lowest BCUT2D eigenvalue weighted by atomic mass is 10.0. The Morgan fingerprint density at radius 2 is 0.672 bits per heavy atom. The Bertz CT molecular complexity index is 867. The average Bonchev–Trinajstić information content (AvgIpc) is 3.26. The summed E-state index contributed by atoms with van der Waals surface area (Å²) in [6.07, 6.45) is 57.9. The van der Waals surface area contributed by atoms with Crippen LogP contribution >= 0.6 is 0 Å². The molecule has 0 spiro atoms. The van der Waals surface area contributed by atoms with Crippen molar-refractivity contribution in [2.75, 3.05) is 13.2 Å². The van der Waals surface area contributed by atoms with Crippen LogP contribution in [0.15, 0.2) is 0 Å². The second-order valence-electron chi connectivity index (χ2n) is 19.3. The number of carbonyl (C=O) groups is 2. The van der Waals surface area contributed by atoms with Gasteiger partial charge in [0.05, 0.1) is 25.4 Å². The van der Waals surface area contributed by atoms with E-state index in [4.69, 9.17) is 4.74 Å². The van der Waals surface area contributed by atoms with E-state index in [1.807, 2.05) is 0 Å². The topological polar surface area (TPSA) is 95.9 Å². The molecule has 3 N–H and O–H groups in total. The van der Waals surface area contributed by atoms with E-state index in [0.29, 0.717) is 25.9 Å². The number of esters is 1. The standard InChI is InChI=1S/C55H109NO5/c1-3-5-7-9-11-13-15-17-19-20-21-23-25-29-33-37-41-45-49-55(60)61-50-46-42-38-34-30-26-28-32-36-40-44-48-54(59)56-52(51-57)53(58)47-43-39-35-31-27-24-22-18-16-14-12-10-8-6-4-2/h52-53,57-58H,3-51H2,1-2H3,(H,56,59). The van der Waals surface area contributed by atoms with Crippen molar-refractivity contribution in [3.05, 3.63) is 0 Å². The molecule has 61 heavy (non-hydrogen) atoms. The summed E-state index contributed by atoms with van der Waals surface area (Å²) >= 11 is 0. The van der Waals surface area contributed by atoms with Gasteiger partial charge in [-0.1, -0.05) is 277 Å². The first-order valence-electron chi connectivity index (χ1n) is 27.8. The van der Waals surface area contributed by atoms with Crippen molar-refractivity contribution in [3.63, 3.8) is 0 Å². The summed E-state index contributed by atoms with van der Waals surface area (Å²) in [5, 5.41) is 23.2. The Morgan fingerprint density at radius 3 is 1.00 bits per heavy atom. The van der Waals surface area contributed by atoms with Crippen LogP contribution in [0, 0.1) is 0 Å². The molecule has 0 saturated heterocycles. The van der Waals surface area contributed by atoms with Gasteiger partial charge in [-0.05, 0) is 25.7 Å². The van der Waals surface area contributed by atoms with Crippen LogP contribution in [0.5, 0.6) is 0 Å². The largest absolute Gasteiger partial charge is 0.466 e. The first-order chi connectivity index (χ1) is 30.0. The highest BCUT2D eigenvalue weighted by Gasteiger charge is 2.20. The maximum Gasteiger partial charge on any atom is 0.305 e. The quantitative estimate of drug-likeness (QED) is 0.0418. The second kappa shape index (κ2) is 51.5. The van der Waals surface area contributed by atoms with Crippen molar-refractivity contribution in [3.8, 4) is 0 Å². The molecule has 2 atom stereocenters. The van der Waals surface area contributed by atoms with Gasteiger partial charge < -0.3 is 20.3 Å². The van der Waals surface area contributed by atoms with Gasteiger partial charge in [-0.3, -0.25) is 9.59 Å². The molecule has 1 amide bonds. The van der Waals surface area contributed by atoms with E-state index in [1.54, 1.807) is 0 Å². The van der Waals surface area contributed by atoms with E-state index < -0.39 is 12.1 Å². The van der Waals surface area contributed by atoms with Gasteiger partial charge in [0, 0.05) is 12.8 Å². The molecular formula is C55H109NO5. The predicted octanol–water partition coefficient (Wildman–Crippen LogP) is 16.7. The fraction of sp³-hybridized carbons (Fsp3) is 0.964. The highest BCUT2D eigenvalue weighted by atomic mass is 16.5. The first-order valence-corrected chi connectivity index (χ1v) is 27.8. The second-order valence-corrected chi connectivity index (χ2v) is 19.3. The van der Waals surface area contributed by atoms with E-state index in [1.165, 1.54) is 225 Å². The van der Waals surface area contributed by atoms with E-state index >= 15 is 0 Å². The molecule has 0 rings (SSSR count). The number of unbranched alkanes of at least 4 members (excludes halogenated alkanes) is 41. The zero-order chi connectivity index (χ0) is 44.4. The zero-order valence-corrected chi connectivity index (χ0v) is 41.4. The molecule has 0 radical (unpaired) electrons. The lowest BCUT2D eigenvalue weighted by Gasteiger charge is -2.22. The van der Waals surface area contributed by atoms with E-state index in [0.717, 1.165) is 57.8 Å². The van der Waals surface area contributed by atoms with Crippen molar-refractivity contribution in [1.82, 2.24) is 5.32 Å². The molecule has 6 heteroatoms. The average molecular weight is 864 g/mol. The minimum absolute atomic E-state index is 0.00832. The Morgan fingerprint density at radius 1 is 0.393 bits per heavy atom. The molecular weight excluding hydrogens is 755 g/mol. The Hall–Kier alpha value is -1.14. The number of aliphatic hydroxyl groups is 2. The third-order valence-corrected chi connectivity index (χ3v) is 13.2. The van der Waals surface area contributed by atoms with Crippen LogP contribution in [-0.4, -0.2) is 47.4 Å². The summed E-state index contributed by atoms with van der Waals surface area (Å²) in [5.41, 5.74) is 0. The van der Waals surface area contributed by atoms with Gasteiger partial charge in [0.15, 0.2) is 0 Å². The van der Waals surface area contributed by atoms with E-state index in [-0.39, 0.29) is 18.5 Å². The number of hydrogen-bond donors (Lipinski definition) is 3. The number of nitrogens with one attached hydrogen (secondary N) is 1. The van der Waals surface area contributed by atoms with Crippen molar-refractivity contribution in [2.45, 2.75) is 328 Å².